The van der Waals surface area contributed by atoms with Crippen LogP contribution in [0, 0.1) is 13.8 Å². The fourth-order valence-electron chi connectivity index (χ4n) is 1.65. The molecule has 0 radical (unpaired) electrons. The quantitative estimate of drug-likeness (QED) is 0.689. The molecule has 17 heavy (non-hydrogen) atoms. The minimum atomic E-state index is 0.429. The molecule has 86 valence electrons. The number of thiophene rings is 1. The van der Waals surface area contributed by atoms with Gasteiger partial charge in [-0.25, -0.2) is 15.0 Å². The smallest absolute Gasteiger partial charge is 0.183 e. The molecule has 0 amide bonds. The summed E-state index contributed by atoms with van der Waals surface area (Å²) in [7, 11) is 0. The monoisotopic (exact) mass is 245 g/mol. The molecule has 0 fully saturated rings. The van der Waals surface area contributed by atoms with Crippen molar-refractivity contribution in [2.75, 3.05) is 5.73 Å². The highest BCUT2D eigenvalue weighted by Crippen LogP contribution is 2.30. The molecule has 5 nitrogen and oxygen atoms in total. The number of rotatable bonds is 1. The average Bonchev–Trinajstić information content (AvgIpc) is 2.85. The third-order valence-corrected chi connectivity index (χ3v) is 3.88. The summed E-state index contributed by atoms with van der Waals surface area (Å²) in [6, 6.07) is 2.11. The number of hydrogen-bond donors (Lipinski definition) is 2. The van der Waals surface area contributed by atoms with E-state index in [1.165, 1.54) is 16.8 Å². The first-order valence-electron chi connectivity index (χ1n) is 5.19. The molecule has 0 saturated carbocycles. The van der Waals surface area contributed by atoms with Crippen LogP contribution < -0.4 is 5.73 Å². The standard InChI is InChI=1S/C11H11N5S/c1-5-3-7(17-6(5)2)10-15-8-9(12)13-4-14-11(8)16-10/h3-4H,1-2H3,(H3,12,13,14,15,16). The van der Waals surface area contributed by atoms with Gasteiger partial charge in [0.1, 0.15) is 11.8 Å². The zero-order valence-electron chi connectivity index (χ0n) is 9.48. The molecular formula is C11H11N5S. The minimum absolute atomic E-state index is 0.429. The van der Waals surface area contributed by atoms with Crippen LogP contribution in [0.3, 0.4) is 0 Å². The average molecular weight is 245 g/mol. The van der Waals surface area contributed by atoms with Gasteiger partial charge in [-0.1, -0.05) is 0 Å². The maximum atomic E-state index is 5.76. The molecule has 0 atom stereocenters. The Morgan fingerprint density at radius 2 is 2.12 bits per heavy atom. The molecule has 3 heterocycles. The van der Waals surface area contributed by atoms with Gasteiger partial charge in [-0.05, 0) is 25.5 Å². The lowest BCUT2D eigenvalue weighted by atomic mass is 10.3. The maximum Gasteiger partial charge on any atom is 0.183 e. The van der Waals surface area contributed by atoms with E-state index < -0.39 is 0 Å². The SMILES string of the molecule is Cc1cc(-c2nc3ncnc(N)c3[nH]2)sc1C. The number of fused-ring (bicyclic) bond motifs is 1. The molecule has 6 heteroatoms. The van der Waals surface area contributed by atoms with Crippen molar-refractivity contribution in [3.05, 3.63) is 22.8 Å². The summed E-state index contributed by atoms with van der Waals surface area (Å²) in [6.45, 7) is 4.19. The molecule has 0 unspecified atom stereocenters. The number of nitrogens with two attached hydrogens (primary N) is 1. The number of nitrogens with one attached hydrogen (secondary N) is 1. The van der Waals surface area contributed by atoms with Crippen LogP contribution in [0.2, 0.25) is 0 Å². The van der Waals surface area contributed by atoms with Gasteiger partial charge in [-0.3, -0.25) is 0 Å². The summed E-state index contributed by atoms with van der Waals surface area (Å²) in [4.78, 5) is 18.0. The first-order chi connectivity index (χ1) is 8.15. The number of nitrogens with zero attached hydrogens (tertiary/aromatic N) is 3. The first kappa shape index (κ1) is 10.2. The number of aromatic nitrogens is 4. The van der Waals surface area contributed by atoms with Gasteiger partial charge in [0.2, 0.25) is 0 Å². The van der Waals surface area contributed by atoms with Crippen LogP contribution in [-0.4, -0.2) is 19.9 Å². The Kier molecular flexibility index (Phi) is 2.12. The van der Waals surface area contributed by atoms with Gasteiger partial charge in [0.05, 0.1) is 4.88 Å². The first-order valence-corrected chi connectivity index (χ1v) is 6.00. The number of aryl methyl sites for hydroxylation is 2. The zero-order valence-corrected chi connectivity index (χ0v) is 10.3. The van der Waals surface area contributed by atoms with Crippen molar-refractivity contribution < 1.29 is 0 Å². The van der Waals surface area contributed by atoms with Crippen molar-refractivity contribution in [3.63, 3.8) is 0 Å². The Hall–Kier alpha value is -1.95. The maximum absolute atomic E-state index is 5.76. The number of hydrogen-bond acceptors (Lipinski definition) is 5. The van der Waals surface area contributed by atoms with E-state index in [-0.39, 0.29) is 0 Å². The van der Waals surface area contributed by atoms with E-state index in [1.807, 2.05) is 0 Å². The van der Waals surface area contributed by atoms with Gasteiger partial charge in [-0.15, -0.1) is 11.3 Å². The second kappa shape index (κ2) is 3.53. The Morgan fingerprint density at radius 1 is 1.29 bits per heavy atom. The molecule has 0 bridgehead atoms. The summed E-state index contributed by atoms with van der Waals surface area (Å²) in [5.41, 5.74) is 8.34. The zero-order chi connectivity index (χ0) is 12.0. The lowest BCUT2D eigenvalue weighted by Gasteiger charge is -1.90. The molecule has 0 aliphatic rings. The fourth-order valence-corrected chi connectivity index (χ4v) is 2.63. The van der Waals surface area contributed by atoms with Crippen molar-refractivity contribution in [2.45, 2.75) is 13.8 Å². The molecular weight excluding hydrogens is 234 g/mol. The van der Waals surface area contributed by atoms with Crippen molar-refractivity contribution in [3.8, 4) is 10.7 Å². The molecule has 3 rings (SSSR count). The molecule has 0 saturated heterocycles. The number of anilines is 1. The second-order valence-corrected chi connectivity index (χ2v) is 5.15. The van der Waals surface area contributed by atoms with Crippen molar-refractivity contribution in [2.24, 2.45) is 0 Å². The normalized spacial score (nSPS) is 11.2. The lowest BCUT2D eigenvalue weighted by Crippen LogP contribution is -1.91. The highest BCUT2D eigenvalue weighted by molar-refractivity contribution is 7.15. The van der Waals surface area contributed by atoms with E-state index in [0.717, 1.165) is 10.7 Å². The predicted octanol–water partition coefficient (Wildman–Crippen LogP) is 2.28. The van der Waals surface area contributed by atoms with Gasteiger partial charge in [0.15, 0.2) is 17.3 Å². The Morgan fingerprint density at radius 3 is 2.76 bits per heavy atom. The molecule has 0 aromatic carbocycles. The molecule has 0 aliphatic carbocycles. The second-order valence-electron chi connectivity index (χ2n) is 3.89. The number of imidazole rings is 1. The molecule has 3 aromatic rings. The van der Waals surface area contributed by atoms with Gasteiger partial charge in [0, 0.05) is 4.88 Å². The Bertz CT molecular complexity index is 678. The van der Waals surface area contributed by atoms with Gasteiger partial charge < -0.3 is 10.7 Å². The lowest BCUT2D eigenvalue weighted by molar-refractivity contribution is 1.21. The van der Waals surface area contributed by atoms with E-state index in [0.29, 0.717) is 17.0 Å². The Labute approximate surface area is 102 Å². The highest BCUT2D eigenvalue weighted by atomic mass is 32.1. The summed E-state index contributed by atoms with van der Waals surface area (Å²) < 4.78 is 0. The number of aromatic amines is 1. The third kappa shape index (κ3) is 1.57. The molecule has 3 aromatic heterocycles. The largest absolute Gasteiger partial charge is 0.382 e. The molecule has 3 N–H and O–H groups in total. The van der Waals surface area contributed by atoms with E-state index >= 15 is 0 Å². The fraction of sp³-hybridized carbons (Fsp3) is 0.182. The van der Waals surface area contributed by atoms with Crippen LogP contribution in [0.5, 0.6) is 0 Å². The van der Waals surface area contributed by atoms with E-state index in [4.69, 9.17) is 5.73 Å². The van der Waals surface area contributed by atoms with Crippen LogP contribution in [0.1, 0.15) is 10.4 Å². The van der Waals surface area contributed by atoms with Crippen LogP contribution in [0.4, 0.5) is 5.82 Å². The number of H-pyrrole nitrogens is 1. The van der Waals surface area contributed by atoms with Crippen molar-refractivity contribution in [1.82, 2.24) is 19.9 Å². The van der Waals surface area contributed by atoms with Crippen molar-refractivity contribution in [1.29, 1.82) is 0 Å². The van der Waals surface area contributed by atoms with Crippen LogP contribution in [0.15, 0.2) is 12.4 Å². The van der Waals surface area contributed by atoms with Gasteiger partial charge in [-0.2, -0.15) is 0 Å². The summed E-state index contributed by atoms with van der Waals surface area (Å²) in [5, 5.41) is 0. The van der Waals surface area contributed by atoms with E-state index in [9.17, 15) is 0 Å². The number of nitrogen functional groups attached to an aromatic ring is 1. The van der Waals surface area contributed by atoms with Crippen molar-refractivity contribution >= 4 is 28.3 Å². The molecule has 0 spiro atoms. The molecule has 0 aliphatic heterocycles. The highest BCUT2D eigenvalue weighted by Gasteiger charge is 2.11. The summed E-state index contributed by atoms with van der Waals surface area (Å²) in [6.07, 6.45) is 1.42. The topological polar surface area (TPSA) is 80.5 Å². The van der Waals surface area contributed by atoms with Gasteiger partial charge in [0.25, 0.3) is 0 Å². The van der Waals surface area contributed by atoms with Crippen LogP contribution in [0.25, 0.3) is 21.9 Å². The summed E-state index contributed by atoms with van der Waals surface area (Å²) >= 11 is 1.71. The van der Waals surface area contributed by atoms with Crippen LogP contribution >= 0.6 is 11.3 Å². The Balaban J connectivity index is 2.21. The predicted molar refractivity (Wildman–Crippen MR) is 68.9 cm³/mol. The third-order valence-electron chi connectivity index (χ3n) is 2.72. The minimum Gasteiger partial charge on any atom is -0.382 e. The van der Waals surface area contributed by atoms with E-state index in [2.05, 4.69) is 39.8 Å². The van der Waals surface area contributed by atoms with Gasteiger partial charge >= 0.3 is 0 Å². The van der Waals surface area contributed by atoms with Crippen LogP contribution in [-0.2, 0) is 0 Å². The summed E-state index contributed by atoms with van der Waals surface area (Å²) in [5.74, 6) is 1.23. The van der Waals surface area contributed by atoms with E-state index in [1.54, 1.807) is 11.3 Å².